The van der Waals surface area contributed by atoms with Gasteiger partial charge in [-0.05, 0) is 18.6 Å². The summed E-state index contributed by atoms with van der Waals surface area (Å²) in [5.41, 5.74) is 1.05. The Bertz CT molecular complexity index is 910. The number of carbonyl (C=O) groups excluding carboxylic acids is 1. The number of aromatic carboxylic acids is 1. The van der Waals surface area contributed by atoms with E-state index in [4.69, 9.17) is 4.74 Å². The number of aromatic nitrogens is 2. The molecule has 0 spiro atoms. The van der Waals surface area contributed by atoms with Crippen LogP contribution in [0.5, 0.6) is 0 Å². The van der Waals surface area contributed by atoms with E-state index in [0.717, 1.165) is 30.9 Å². The molecule has 3 heterocycles. The first-order chi connectivity index (χ1) is 13.9. The molecule has 0 saturated carbocycles. The lowest BCUT2D eigenvalue weighted by Crippen LogP contribution is -2.47. The second-order valence-corrected chi connectivity index (χ2v) is 7.99. The Morgan fingerprint density at radius 2 is 2.10 bits per heavy atom. The maximum Gasteiger partial charge on any atom is 0.335 e. The molecule has 0 aliphatic carbocycles. The fourth-order valence-corrected chi connectivity index (χ4v) is 4.24. The van der Waals surface area contributed by atoms with Gasteiger partial charge in [-0.2, -0.15) is 0 Å². The number of rotatable bonds is 5. The zero-order chi connectivity index (χ0) is 20.5. The lowest BCUT2D eigenvalue weighted by Gasteiger charge is -2.35. The van der Waals surface area contributed by atoms with Crippen molar-refractivity contribution in [2.75, 3.05) is 33.8 Å². The number of amides is 1. The Morgan fingerprint density at radius 1 is 1.28 bits per heavy atom. The van der Waals surface area contributed by atoms with Crippen molar-refractivity contribution in [2.24, 2.45) is 0 Å². The Hall–Kier alpha value is -2.71. The largest absolute Gasteiger partial charge is 0.478 e. The molecule has 1 amide bonds. The van der Waals surface area contributed by atoms with Crippen LogP contribution in [0.25, 0.3) is 11.4 Å². The van der Waals surface area contributed by atoms with Crippen LogP contribution < -0.4 is 0 Å². The average molecular weight is 398 g/mol. The lowest BCUT2D eigenvalue weighted by atomic mass is 10.1. The van der Waals surface area contributed by atoms with Crippen LogP contribution >= 0.6 is 0 Å². The maximum atomic E-state index is 12.0. The molecule has 2 aliphatic heterocycles. The van der Waals surface area contributed by atoms with Crippen LogP contribution in [0.2, 0.25) is 0 Å². The topological polar surface area (TPSA) is 87.9 Å². The molecule has 8 heteroatoms. The third kappa shape index (κ3) is 4.04. The van der Waals surface area contributed by atoms with E-state index >= 15 is 0 Å². The Balaban J connectivity index is 1.48. The van der Waals surface area contributed by atoms with Crippen molar-refractivity contribution < 1.29 is 19.4 Å². The summed E-state index contributed by atoms with van der Waals surface area (Å²) >= 11 is 0. The Kier molecular flexibility index (Phi) is 5.38. The van der Waals surface area contributed by atoms with Gasteiger partial charge in [-0.15, -0.1) is 0 Å². The van der Waals surface area contributed by atoms with Gasteiger partial charge in [-0.25, -0.2) is 9.78 Å². The van der Waals surface area contributed by atoms with Gasteiger partial charge in [-0.1, -0.05) is 12.1 Å². The molecule has 0 bridgehead atoms. The van der Waals surface area contributed by atoms with E-state index in [2.05, 4.69) is 14.5 Å². The molecule has 2 fully saturated rings. The normalized spacial score (nSPS) is 24.3. The fraction of sp³-hybridized carbons (Fsp3) is 0.476. The van der Waals surface area contributed by atoms with E-state index in [1.54, 1.807) is 43.4 Å². The summed E-state index contributed by atoms with van der Waals surface area (Å²) in [6.45, 7) is 2.24. The van der Waals surface area contributed by atoms with Gasteiger partial charge in [-0.3, -0.25) is 9.69 Å². The van der Waals surface area contributed by atoms with Crippen LogP contribution in [0, 0.1) is 0 Å². The van der Waals surface area contributed by atoms with Gasteiger partial charge < -0.3 is 19.3 Å². The number of imidazole rings is 1. The van der Waals surface area contributed by atoms with Crippen molar-refractivity contribution in [2.45, 2.75) is 31.0 Å². The maximum absolute atomic E-state index is 12.0. The highest BCUT2D eigenvalue weighted by Gasteiger charge is 2.39. The molecular weight excluding hydrogens is 372 g/mol. The molecule has 29 heavy (non-hydrogen) atoms. The van der Waals surface area contributed by atoms with Gasteiger partial charge >= 0.3 is 5.97 Å². The number of fused-ring (bicyclic) bond motifs is 1. The standard InChI is InChI=1S/C21H26N4O4/c1-23(2)19(26)10-18-12-24-11-16(9-17(24)13-29-18)25-7-6-22-20(25)14-4-3-5-15(8-14)21(27)28/h3-8,16-18H,9-13H2,1-2H3,(H,27,28)/t16-,17+,18+/m1/s1. The van der Waals surface area contributed by atoms with Crippen molar-refractivity contribution in [1.29, 1.82) is 0 Å². The second-order valence-electron chi connectivity index (χ2n) is 7.99. The molecule has 4 rings (SSSR count). The molecule has 3 atom stereocenters. The molecule has 1 aromatic carbocycles. The predicted molar refractivity (Wildman–Crippen MR) is 107 cm³/mol. The number of carbonyl (C=O) groups is 2. The van der Waals surface area contributed by atoms with Crippen molar-refractivity contribution in [1.82, 2.24) is 19.4 Å². The Labute approximate surface area is 169 Å². The summed E-state index contributed by atoms with van der Waals surface area (Å²) in [7, 11) is 3.53. The zero-order valence-corrected chi connectivity index (χ0v) is 16.7. The van der Waals surface area contributed by atoms with E-state index in [-0.39, 0.29) is 23.6 Å². The number of carboxylic acid groups (broad SMARTS) is 1. The highest BCUT2D eigenvalue weighted by Crippen LogP contribution is 2.34. The van der Waals surface area contributed by atoms with Crippen molar-refractivity contribution in [3.05, 3.63) is 42.2 Å². The van der Waals surface area contributed by atoms with Crippen LogP contribution in [-0.4, -0.2) is 82.3 Å². The minimum Gasteiger partial charge on any atom is -0.478 e. The van der Waals surface area contributed by atoms with E-state index in [1.807, 2.05) is 12.3 Å². The fourth-order valence-electron chi connectivity index (χ4n) is 4.24. The number of nitrogens with zero attached hydrogens (tertiary/aromatic N) is 4. The molecule has 1 N–H and O–H groups in total. The summed E-state index contributed by atoms with van der Waals surface area (Å²) in [6, 6.07) is 7.44. The number of morpholine rings is 1. The second kappa shape index (κ2) is 7.96. The average Bonchev–Trinajstić information content (AvgIpc) is 3.34. The van der Waals surface area contributed by atoms with Gasteiger partial charge in [0.15, 0.2) is 0 Å². The molecule has 1 aromatic heterocycles. The minimum atomic E-state index is -0.946. The zero-order valence-electron chi connectivity index (χ0n) is 16.7. The minimum absolute atomic E-state index is 0.0746. The number of ether oxygens (including phenoxy) is 1. The molecule has 2 aromatic rings. The third-order valence-corrected chi connectivity index (χ3v) is 5.80. The summed E-state index contributed by atoms with van der Waals surface area (Å²) in [4.78, 5) is 31.8. The van der Waals surface area contributed by atoms with Crippen LogP contribution in [-0.2, 0) is 9.53 Å². The van der Waals surface area contributed by atoms with Crippen LogP contribution in [0.4, 0.5) is 0 Å². The monoisotopic (exact) mass is 398 g/mol. The molecular formula is C21H26N4O4. The van der Waals surface area contributed by atoms with E-state index in [1.165, 1.54) is 0 Å². The lowest BCUT2D eigenvalue weighted by molar-refractivity contribution is -0.134. The van der Waals surface area contributed by atoms with Crippen LogP contribution in [0.1, 0.15) is 29.2 Å². The summed E-state index contributed by atoms with van der Waals surface area (Å²) in [5, 5.41) is 9.27. The van der Waals surface area contributed by atoms with Gasteiger partial charge in [0.1, 0.15) is 5.82 Å². The predicted octanol–water partition coefficient (Wildman–Crippen LogP) is 1.74. The highest BCUT2D eigenvalue weighted by molar-refractivity contribution is 5.89. The smallest absolute Gasteiger partial charge is 0.335 e. The summed E-state index contributed by atoms with van der Waals surface area (Å²) in [6.07, 6.45) is 4.99. The number of benzene rings is 1. The third-order valence-electron chi connectivity index (χ3n) is 5.80. The molecule has 0 unspecified atom stereocenters. The van der Waals surface area contributed by atoms with E-state index in [0.29, 0.717) is 19.1 Å². The van der Waals surface area contributed by atoms with Crippen LogP contribution in [0.15, 0.2) is 36.7 Å². The van der Waals surface area contributed by atoms with Gasteiger partial charge in [0.05, 0.1) is 24.7 Å². The first kappa shape index (κ1) is 19.6. The summed E-state index contributed by atoms with van der Waals surface area (Å²) in [5.74, 6) is -0.0870. The van der Waals surface area contributed by atoms with Gasteiger partial charge in [0, 0.05) is 57.2 Å². The molecule has 2 aliphatic rings. The van der Waals surface area contributed by atoms with Crippen LogP contribution in [0.3, 0.4) is 0 Å². The SMILES string of the molecule is CN(C)C(=O)C[C@H]1CN2C[C@H](n3ccnc3-c3cccc(C(=O)O)c3)C[C@H]2CO1. The molecule has 154 valence electrons. The van der Waals surface area contributed by atoms with Crippen molar-refractivity contribution in [3.63, 3.8) is 0 Å². The summed E-state index contributed by atoms with van der Waals surface area (Å²) < 4.78 is 8.09. The highest BCUT2D eigenvalue weighted by atomic mass is 16.5. The Morgan fingerprint density at radius 3 is 2.86 bits per heavy atom. The first-order valence-electron chi connectivity index (χ1n) is 9.84. The van der Waals surface area contributed by atoms with Crippen molar-refractivity contribution in [3.8, 4) is 11.4 Å². The quantitative estimate of drug-likeness (QED) is 0.826. The number of carboxylic acids is 1. The van der Waals surface area contributed by atoms with Gasteiger partial charge in [0.2, 0.25) is 5.91 Å². The van der Waals surface area contributed by atoms with E-state index < -0.39 is 5.97 Å². The van der Waals surface area contributed by atoms with Gasteiger partial charge in [0.25, 0.3) is 0 Å². The van der Waals surface area contributed by atoms with Crippen molar-refractivity contribution >= 4 is 11.9 Å². The first-order valence-corrected chi connectivity index (χ1v) is 9.84. The molecule has 0 radical (unpaired) electrons. The molecule has 8 nitrogen and oxygen atoms in total. The van der Waals surface area contributed by atoms with E-state index in [9.17, 15) is 14.7 Å². The number of hydrogen-bond acceptors (Lipinski definition) is 5. The molecule has 2 saturated heterocycles. The number of hydrogen-bond donors (Lipinski definition) is 1.